The smallest absolute Gasteiger partial charge is 0.305 e. The van der Waals surface area contributed by atoms with E-state index in [1.54, 1.807) is 24.3 Å². The summed E-state index contributed by atoms with van der Waals surface area (Å²) in [6.07, 6.45) is 0.0847. The number of aromatic nitrogens is 1. The molecule has 1 amide bonds. The number of nitrogens with one attached hydrogen (secondary N) is 1. The molecule has 0 fully saturated rings. The number of anilines is 1. The fourth-order valence-electron chi connectivity index (χ4n) is 1.96. The van der Waals surface area contributed by atoms with Crippen molar-refractivity contribution in [2.75, 3.05) is 5.32 Å². The van der Waals surface area contributed by atoms with E-state index >= 15 is 0 Å². The zero-order valence-electron chi connectivity index (χ0n) is 14.5. The van der Waals surface area contributed by atoms with Gasteiger partial charge in [0.25, 0.3) is 5.91 Å². The van der Waals surface area contributed by atoms with E-state index in [1.165, 1.54) is 0 Å². The van der Waals surface area contributed by atoms with E-state index in [4.69, 9.17) is 11.6 Å². The minimum absolute atomic E-state index is 0.0427. The highest BCUT2D eigenvalue weighted by Crippen LogP contribution is 2.32. The summed E-state index contributed by atoms with van der Waals surface area (Å²) in [4.78, 5) is 15.8. The average Bonchev–Trinajstić information content (AvgIpc) is 2.53. The van der Waals surface area contributed by atoms with Crippen LogP contribution in [0.2, 0.25) is 5.02 Å². The fourth-order valence-corrected chi connectivity index (χ4v) is 2.17. The predicted octanol–water partition coefficient (Wildman–Crippen LogP) is 6.07. The summed E-state index contributed by atoms with van der Waals surface area (Å²) in [6.45, 7) is 6.23. The Bertz CT molecular complexity index is 822. The van der Waals surface area contributed by atoms with Gasteiger partial charge in [-0.3, -0.25) is 4.79 Å². The Hall–Kier alpha value is -2.34. The van der Waals surface area contributed by atoms with Gasteiger partial charge < -0.3 is 5.32 Å². The summed E-state index contributed by atoms with van der Waals surface area (Å²) in [7, 11) is 0. The lowest BCUT2D eigenvalue weighted by molar-refractivity contribution is -0.137. The topological polar surface area (TPSA) is 42.0 Å². The molecule has 0 atom stereocenters. The average molecular weight is 383 g/mol. The number of rotatable bonds is 3. The van der Waals surface area contributed by atoms with Gasteiger partial charge in [-0.1, -0.05) is 56.7 Å². The molecule has 0 unspecified atom stereocenters. The van der Waals surface area contributed by atoms with E-state index in [-0.39, 0.29) is 16.3 Å². The molecule has 0 saturated carbocycles. The molecule has 0 spiro atoms. The van der Waals surface area contributed by atoms with Crippen molar-refractivity contribution in [3.05, 3.63) is 64.3 Å². The van der Waals surface area contributed by atoms with Gasteiger partial charge in [0.1, 0.15) is 0 Å². The molecular weight excluding hydrogens is 365 g/mol. The van der Waals surface area contributed by atoms with E-state index < -0.39 is 17.6 Å². The predicted molar refractivity (Wildman–Crippen MR) is 97.1 cm³/mol. The Morgan fingerprint density at radius 2 is 1.77 bits per heavy atom. The van der Waals surface area contributed by atoms with Gasteiger partial charge in [-0.15, -0.1) is 0 Å². The maximum atomic E-state index is 12.6. The fraction of sp³-hybridized carbons (Fsp3) is 0.263. The second-order valence-electron chi connectivity index (χ2n) is 6.83. The highest BCUT2D eigenvalue weighted by Gasteiger charge is 2.31. The van der Waals surface area contributed by atoms with Crippen LogP contribution in [0.4, 0.5) is 19.0 Å². The third kappa shape index (κ3) is 5.59. The zero-order chi connectivity index (χ0) is 19.5. The van der Waals surface area contributed by atoms with E-state index in [9.17, 15) is 18.0 Å². The van der Waals surface area contributed by atoms with Crippen LogP contribution in [-0.2, 0) is 6.18 Å². The highest BCUT2D eigenvalue weighted by molar-refractivity contribution is 6.33. The molecule has 7 heteroatoms. The molecule has 1 N–H and O–H groups in total. The van der Waals surface area contributed by atoms with Gasteiger partial charge in [0.05, 0.1) is 10.6 Å². The van der Waals surface area contributed by atoms with Crippen LogP contribution >= 0.6 is 11.6 Å². The van der Waals surface area contributed by atoms with E-state index in [0.717, 1.165) is 11.6 Å². The number of carbonyl (C=O) groups excluding carboxylic acids is 1. The van der Waals surface area contributed by atoms with Crippen molar-refractivity contribution >= 4 is 29.4 Å². The standard InChI is InChI=1S/C19H18ClF3N2O/c1-18(2,3)9-8-12-4-6-13(7-5-12)17(26)25-16-15(20)10-14(11-24-16)19(21,22)23/h4-11H,1-3H3,(H,24,25,26)/b9-8+. The van der Waals surface area contributed by atoms with Gasteiger partial charge in [0.15, 0.2) is 5.82 Å². The Morgan fingerprint density at radius 3 is 2.27 bits per heavy atom. The number of benzene rings is 1. The molecule has 0 radical (unpaired) electrons. The van der Waals surface area contributed by atoms with Gasteiger partial charge in [0.2, 0.25) is 0 Å². The van der Waals surface area contributed by atoms with Crippen LogP contribution in [-0.4, -0.2) is 10.9 Å². The van der Waals surface area contributed by atoms with Crippen LogP contribution < -0.4 is 5.32 Å². The monoisotopic (exact) mass is 382 g/mol. The first kappa shape index (κ1) is 20.0. The molecule has 26 heavy (non-hydrogen) atoms. The van der Waals surface area contributed by atoms with Crippen molar-refractivity contribution in [1.29, 1.82) is 0 Å². The highest BCUT2D eigenvalue weighted by atomic mass is 35.5. The molecular formula is C19H18ClF3N2O. The summed E-state index contributed by atoms with van der Waals surface area (Å²) in [5.41, 5.74) is 0.342. The SMILES string of the molecule is CC(C)(C)/C=C/c1ccc(C(=O)Nc2ncc(C(F)(F)F)cc2Cl)cc1. The third-order valence-electron chi connectivity index (χ3n) is 3.35. The molecule has 138 valence electrons. The zero-order valence-corrected chi connectivity index (χ0v) is 15.2. The normalized spacial score (nSPS) is 12.4. The van der Waals surface area contributed by atoms with Crippen molar-refractivity contribution in [2.24, 2.45) is 5.41 Å². The van der Waals surface area contributed by atoms with Crippen LogP contribution in [0.1, 0.15) is 42.3 Å². The largest absolute Gasteiger partial charge is 0.417 e. The van der Waals surface area contributed by atoms with Crippen LogP contribution in [0, 0.1) is 5.41 Å². The summed E-state index contributed by atoms with van der Waals surface area (Å²) in [5, 5.41) is 2.13. The number of hydrogen-bond acceptors (Lipinski definition) is 2. The number of carbonyl (C=O) groups is 1. The first-order valence-corrected chi connectivity index (χ1v) is 8.17. The molecule has 0 aliphatic rings. The van der Waals surface area contributed by atoms with E-state index in [0.29, 0.717) is 11.8 Å². The Kier molecular flexibility index (Phi) is 5.76. The van der Waals surface area contributed by atoms with Crippen LogP contribution in [0.15, 0.2) is 42.6 Å². The minimum Gasteiger partial charge on any atom is -0.305 e. The van der Waals surface area contributed by atoms with Crippen molar-refractivity contribution in [3.8, 4) is 0 Å². The van der Waals surface area contributed by atoms with Crippen molar-refractivity contribution in [1.82, 2.24) is 4.98 Å². The van der Waals surface area contributed by atoms with Crippen LogP contribution in [0.3, 0.4) is 0 Å². The second kappa shape index (κ2) is 7.50. The third-order valence-corrected chi connectivity index (χ3v) is 3.64. The van der Waals surface area contributed by atoms with Gasteiger partial charge in [-0.2, -0.15) is 13.2 Å². The van der Waals surface area contributed by atoms with Gasteiger partial charge in [-0.25, -0.2) is 4.98 Å². The lowest BCUT2D eigenvalue weighted by Gasteiger charge is -2.11. The molecule has 3 nitrogen and oxygen atoms in total. The van der Waals surface area contributed by atoms with Gasteiger partial charge in [-0.05, 0) is 29.2 Å². The Balaban J connectivity index is 2.12. The summed E-state index contributed by atoms with van der Waals surface area (Å²) in [6, 6.07) is 7.52. The molecule has 1 aromatic heterocycles. The maximum Gasteiger partial charge on any atom is 0.417 e. The minimum atomic E-state index is -4.55. The molecule has 0 saturated heterocycles. The van der Waals surface area contributed by atoms with E-state index in [1.807, 2.05) is 12.2 Å². The number of amides is 1. The van der Waals surface area contributed by atoms with Crippen molar-refractivity contribution in [3.63, 3.8) is 0 Å². The number of pyridine rings is 1. The summed E-state index contributed by atoms with van der Waals surface area (Å²) >= 11 is 5.79. The Labute approximate surface area is 154 Å². The van der Waals surface area contributed by atoms with Crippen molar-refractivity contribution in [2.45, 2.75) is 26.9 Å². The molecule has 0 aliphatic heterocycles. The van der Waals surface area contributed by atoms with Crippen molar-refractivity contribution < 1.29 is 18.0 Å². The van der Waals surface area contributed by atoms with Crippen LogP contribution in [0.5, 0.6) is 0 Å². The number of alkyl halides is 3. The quantitative estimate of drug-likeness (QED) is 0.700. The number of nitrogens with zero attached hydrogens (tertiary/aromatic N) is 1. The number of halogens is 4. The number of hydrogen-bond donors (Lipinski definition) is 1. The van der Waals surface area contributed by atoms with Crippen LogP contribution in [0.25, 0.3) is 6.08 Å². The molecule has 2 rings (SSSR count). The van der Waals surface area contributed by atoms with E-state index in [2.05, 4.69) is 31.1 Å². The molecule has 0 bridgehead atoms. The van der Waals surface area contributed by atoms with Gasteiger partial charge >= 0.3 is 6.18 Å². The summed E-state index contributed by atoms with van der Waals surface area (Å²) < 4.78 is 37.8. The lowest BCUT2D eigenvalue weighted by Crippen LogP contribution is -2.14. The molecule has 1 aromatic carbocycles. The first-order valence-electron chi connectivity index (χ1n) is 7.79. The number of allylic oxidation sites excluding steroid dienone is 1. The molecule has 1 heterocycles. The second-order valence-corrected chi connectivity index (χ2v) is 7.23. The molecule has 2 aromatic rings. The summed E-state index contributed by atoms with van der Waals surface area (Å²) in [5.74, 6) is -0.633. The maximum absolute atomic E-state index is 12.6. The molecule has 0 aliphatic carbocycles. The lowest BCUT2D eigenvalue weighted by atomic mass is 9.95. The Morgan fingerprint density at radius 1 is 1.15 bits per heavy atom. The van der Waals surface area contributed by atoms with Gasteiger partial charge in [0, 0.05) is 11.8 Å². The first-order chi connectivity index (χ1) is 12.0.